The highest BCUT2D eigenvalue weighted by Gasteiger charge is 2.22. The van der Waals surface area contributed by atoms with E-state index >= 15 is 0 Å². The Morgan fingerprint density at radius 1 is 1.13 bits per heavy atom. The lowest BCUT2D eigenvalue weighted by Gasteiger charge is -2.13. The number of hydrogen-bond acceptors (Lipinski definition) is 4. The molecule has 118 valence electrons. The zero-order valence-electron chi connectivity index (χ0n) is 13.4. The molecule has 1 heterocycles. The summed E-state index contributed by atoms with van der Waals surface area (Å²) in [5.41, 5.74) is 9.36. The number of hydrogen-bond donors (Lipinski definition) is 1. The van der Waals surface area contributed by atoms with Gasteiger partial charge in [-0.3, -0.25) is 4.79 Å². The van der Waals surface area contributed by atoms with Crippen LogP contribution in [0.2, 0.25) is 0 Å². The number of anilines is 1. The molecule has 0 radical (unpaired) electrons. The van der Waals surface area contributed by atoms with Gasteiger partial charge in [-0.25, -0.2) is 0 Å². The predicted octanol–water partition coefficient (Wildman–Crippen LogP) is 4.73. The van der Waals surface area contributed by atoms with E-state index in [1.807, 2.05) is 42.5 Å². The Hall–Kier alpha value is -2.75. The van der Waals surface area contributed by atoms with Gasteiger partial charge in [0.2, 0.25) is 0 Å². The van der Waals surface area contributed by atoms with E-state index in [1.165, 1.54) is 6.92 Å². The van der Waals surface area contributed by atoms with Crippen molar-refractivity contribution < 1.29 is 13.9 Å². The molecule has 0 spiro atoms. The predicted molar refractivity (Wildman–Crippen MR) is 91.5 cm³/mol. The van der Waals surface area contributed by atoms with Gasteiger partial charge in [0.15, 0.2) is 5.88 Å². The van der Waals surface area contributed by atoms with Gasteiger partial charge in [0.25, 0.3) is 0 Å². The number of rotatable bonds is 3. The fourth-order valence-electron chi connectivity index (χ4n) is 2.79. The number of nitrogen functional groups attached to an aromatic ring is 1. The van der Waals surface area contributed by atoms with Crippen LogP contribution in [0.15, 0.2) is 46.9 Å². The highest BCUT2D eigenvalue weighted by atomic mass is 16.5. The van der Waals surface area contributed by atoms with E-state index in [-0.39, 0.29) is 11.9 Å². The molecule has 0 aliphatic carbocycles. The SMILES string of the molecule is CC(=O)Oc1c(C(C)C)ccc2oc(N)c(-c3ccccc3)c12. The lowest BCUT2D eigenvalue weighted by atomic mass is 9.96. The van der Waals surface area contributed by atoms with Crippen LogP contribution in [-0.2, 0) is 4.79 Å². The van der Waals surface area contributed by atoms with Crippen molar-refractivity contribution in [2.75, 3.05) is 5.73 Å². The lowest BCUT2D eigenvalue weighted by Crippen LogP contribution is -2.05. The maximum absolute atomic E-state index is 11.6. The van der Waals surface area contributed by atoms with E-state index in [9.17, 15) is 4.79 Å². The third-order valence-corrected chi connectivity index (χ3v) is 3.80. The molecule has 0 atom stereocenters. The minimum atomic E-state index is -0.363. The topological polar surface area (TPSA) is 65.5 Å². The highest BCUT2D eigenvalue weighted by Crippen LogP contribution is 2.44. The van der Waals surface area contributed by atoms with Gasteiger partial charge in [-0.05, 0) is 23.1 Å². The van der Waals surface area contributed by atoms with E-state index in [4.69, 9.17) is 14.9 Å². The van der Waals surface area contributed by atoms with Crippen molar-refractivity contribution in [3.05, 3.63) is 48.0 Å². The van der Waals surface area contributed by atoms with Crippen molar-refractivity contribution in [2.45, 2.75) is 26.7 Å². The van der Waals surface area contributed by atoms with Gasteiger partial charge >= 0.3 is 5.97 Å². The van der Waals surface area contributed by atoms with E-state index in [0.717, 1.165) is 22.1 Å². The molecule has 0 unspecified atom stereocenters. The fraction of sp³-hybridized carbons (Fsp3) is 0.211. The van der Waals surface area contributed by atoms with Crippen molar-refractivity contribution in [2.24, 2.45) is 0 Å². The normalized spacial score (nSPS) is 11.1. The Balaban J connectivity index is 2.38. The number of fused-ring (bicyclic) bond motifs is 1. The molecule has 2 aromatic carbocycles. The summed E-state index contributed by atoms with van der Waals surface area (Å²) in [7, 11) is 0. The molecule has 0 saturated carbocycles. The molecular weight excluding hydrogens is 290 g/mol. The van der Waals surface area contributed by atoms with Crippen LogP contribution >= 0.6 is 0 Å². The van der Waals surface area contributed by atoms with Crippen LogP contribution in [-0.4, -0.2) is 5.97 Å². The monoisotopic (exact) mass is 309 g/mol. The first-order chi connectivity index (χ1) is 11.0. The Labute approximate surface area is 134 Å². The molecule has 23 heavy (non-hydrogen) atoms. The first kappa shape index (κ1) is 15.2. The molecule has 4 heteroatoms. The number of furan rings is 1. The highest BCUT2D eigenvalue weighted by molar-refractivity contribution is 6.05. The second-order valence-electron chi connectivity index (χ2n) is 5.81. The zero-order chi connectivity index (χ0) is 16.6. The van der Waals surface area contributed by atoms with E-state index in [1.54, 1.807) is 0 Å². The summed E-state index contributed by atoms with van der Waals surface area (Å²) in [6.45, 7) is 5.51. The molecule has 0 amide bonds. The number of esters is 1. The molecule has 0 aliphatic rings. The van der Waals surface area contributed by atoms with Gasteiger partial charge in [-0.2, -0.15) is 0 Å². The molecule has 3 rings (SSSR count). The molecule has 0 aliphatic heterocycles. The van der Waals surface area contributed by atoms with Gasteiger partial charge in [-0.15, -0.1) is 0 Å². The second kappa shape index (κ2) is 5.80. The summed E-state index contributed by atoms with van der Waals surface area (Å²) in [5, 5.41) is 0.745. The lowest BCUT2D eigenvalue weighted by molar-refractivity contribution is -0.131. The third kappa shape index (κ3) is 2.68. The molecule has 0 saturated heterocycles. The van der Waals surface area contributed by atoms with Crippen molar-refractivity contribution in [1.82, 2.24) is 0 Å². The summed E-state index contributed by atoms with van der Waals surface area (Å²) in [5.74, 6) is 0.691. The van der Waals surface area contributed by atoms with Crippen LogP contribution in [0.4, 0.5) is 5.88 Å². The van der Waals surface area contributed by atoms with Crippen molar-refractivity contribution in [3.63, 3.8) is 0 Å². The minimum Gasteiger partial charge on any atom is -0.440 e. The summed E-state index contributed by atoms with van der Waals surface area (Å²) < 4.78 is 11.2. The van der Waals surface area contributed by atoms with Crippen LogP contribution in [0.3, 0.4) is 0 Å². The van der Waals surface area contributed by atoms with Gasteiger partial charge in [-0.1, -0.05) is 50.2 Å². The van der Waals surface area contributed by atoms with Crippen molar-refractivity contribution >= 4 is 22.8 Å². The summed E-state index contributed by atoms with van der Waals surface area (Å²) >= 11 is 0. The number of ether oxygens (including phenoxy) is 1. The third-order valence-electron chi connectivity index (χ3n) is 3.80. The maximum Gasteiger partial charge on any atom is 0.308 e. The molecule has 4 nitrogen and oxygen atoms in total. The van der Waals surface area contributed by atoms with Crippen LogP contribution in [0.25, 0.3) is 22.1 Å². The minimum absolute atomic E-state index is 0.202. The van der Waals surface area contributed by atoms with Crippen LogP contribution < -0.4 is 10.5 Å². The zero-order valence-corrected chi connectivity index (χ0v) is 13.4. The number of benzene rings is 2. The smallest absolute Gasteiger partial charge is 0.308 e. The largest absolute Gasteiger partial charge is 0.440 e. The van der Waals surface area contributed by atoms with E-state index in [0.29, 0.717) is 17.2 Å². The molecule has 2 N–H and O–H groups in total. The number of carbonyl (C=O) groups is 1. The van der Waals surface area contributed by atoms with Crippen molar-refractivity contribution in [1.29, 1.82) is 0 Å². The quantitative estimate of drug-likeness (QED) is 0.561. The molecule has 0 fully saturated rings. The standard InChI is InChI=1S/C19H19NO3/c1-11(2)14-9-10-15-17(18(14)22-12(3)21)16(19(20)23-15)13-7-5-4-6-8-13/h4-11H,20H2,1-3H3. The summed E-state index contributed by atoms with van der Waals surface area (Å²) in [6, 6.07) is 13.5. The van der Waals surface area contributed by atoms with Crippen LogP contribution in [0.1, 0.15) is 32.3 Å². The second-order valence-corrected chi connectivity index (χ2v) is 5.81. The van der Waals surface area contributed by atoms with E-state index < -0.39 is 0 Å². The first-order valence-corrected chi connectivity index (χ1v) is 7.57. The van der Waals surface area contributed by atoms with Gasteiger partial charge in [0, 0.05) is 6.92 Å². The summed E-state index contributed by atoms with van der Waals surface area (Å²) in [4.78, 5) is 11.6. The van der Waals surface area contributed by atoms with Crippen LogP contribution in [0.5, 0.6) is 5.75 Å². The molecular formula is C19H19NO3. The van der Waals surface area contributed by atoms with Crippen molar-refractivity contribution in [3.8, 4) is 16.9 Å². The average molecular weight is 309 g/mol. The maximum atomic E-state index is 11.6. The molecule has 0 bridgehead atoms. The Bertz CT molecular complexity index is 863. The van der Waals surface area contributed by atoms with Gasteiger partial charge < -0.3 is 14.9 Å². The van der Waals surface area contributed by atoms with Gasteiger partial charge in [0.05, 0.1) is 10.9 Å². The average Bonchev–Trinajstić information content (AvgIpc) is 2.84. The first-order valence-electron chi connectivity index (χ1n) is 7.57. The Kier molecular flexibility index (Phi) is 3.82. The fourth-order valence-corrected chi connectivity index (χ4v) is 2.79. The molecule has 3 aromatic rings. The van der Waals surface area contributed by atoms with Gasteiger partial charge in [0.1, 0.15) is 11.3 Å². The Morgan fingerprint density at radius 3 is 2.43 bits per heavy atom. The number of nitrogens with two attached hydrogens (primary N) is 1. The van der Waals surface area contributed by atoms with Crippen LogP contribution in [0, 0.1) is 0 Å². The molecule has 1 aromatic heterocycles. The van der Waals surface area contributed by atoms with E-state index in [2.05, 4.69) is 13.8 Å². The summed E-state index contributed by atoms with van der Waals surface area (Å²) in [6.07, 6.45) is 0. The Morgan fingerprint density at radius 2 is 1.83 bits per heavy atom. The number of carbonyl (C=O) groups excluding carboxylic acids is 1.